The predicted octanol–water partition coefficient (Wildman–Crippen LogP) is 2.40. The van der Waals surface area contributed by atoms with Gasteiger partial charge in [0.05, 0.1) is 6.42 Å². The highest BCUT2D eigenvalue weighted by Gasteiger charge is 2.43. The van der Waals surface area contributed by atoms with Gasteiger partial charge in [-0.2, -0.15) is 8.78 Å². The number of ether oxygens (including phenoxy) is 1. The number of hydrogen-bond acceptors (Lipinski definition) is 2. The molecule has 0 saturated carbocycles. The summed E-state index contributed by atoms with van der Waals surface area (Å²) in [6.45, 7) is -3.25. The minimum absolute atomic E-state index is 0.243. The third-order valence-electron chi connectivity index (χ3n) is 1.48. The Labute approximate surface area is 92.4 Å². The molecule has 0 saturated heterocycles. The molecule has 102 valence electrons. The fourth-order valence-corrected chi connectivity index (χ4v) is 0.895. The first-order valence-electron chi connectivity index (χ1n) is 4.30. The smallest absolute Gasteiger partial charge is 0.377 e. The highest BCUT2D eigenvalue weighted by molar-refractivity contribution is 5.75. The molecule has 0 atom stereocenters. The first-order valence-corrected chi connectivity index (χ1v) is 4.30. The van der Waals surface area contributed by atoms with Gasteiger partial charge in [0.15, 0.2) is 0 Å². The number of hydrogen-bond donors (Lipinski definition) is 1. The topological polar surface area (TPSA) is 46.5 Å². The zero-order valence-corrected chi connectivity index (χ0v) is 8.65. The predicted molar refractivity (Wildman–Crippen MR) is 43.6 cm³/mol. The zero-order valence-electron chi connectivity index (χ0n) is 8.65. The maximum atomic E-state index is 12.7. The second-order valence-corrected chi connectivity index (χ2v) is 3.61. The number of carboxylic acids is 1. The van der Waals surface area contributed by atoms with E-state index in [-0.39, 0.29) is 6.92 Å². The van der Waals surface area contributed by atoms with Crippen LogP contribution in [0.2, 0.25) is 0 Å². The molecule has 3 nitrogen and oxygen atoms in total. The molecule has 0 aromatic heterocycles. The van der Waals surface area contributed by atoms with Crippen LogP contribution in [0, 0.1) is 0 Å². The summed E-state index contributed by atoms with van der Waals surface area (Å²) in [6, 6.07) is 0. The average Bonchev–Trinajstić information content (AvgIpc) is 1.97. The van der Waals surface area contributed by atoms with Crippen molar-refractivity contribution in [2.24, 2.45) is 0 Å². The first kappa shape index (κ1) is 16.0. The Balaban J connectivity index is 4.16. The van der Waals surface area contributed by atoms with Crippen LogP contribution in [0.4, 0.5) is 26.3 Å². The number of halogens is 6. The lowest BCUT2D eigenvalue weighted by atomic mass is 10.1. The monoisotopic (exact) mass is 268 g/mol. The van der Waals surface area contributed by atoms with Gasteiger partial charge in [-0.05, 0) is 6.92 Å². The van der Waals surface area contributed by atoms with Crippen LogP contribution in [0.5, 0.6) is 0 Å². The minimum Gasteiger partial charge on any atom is -0.477 e. The quantitative estimate of drug-likeness (QED) is 0.721. The SMILES string of the molecule is CC(F)(F)CC(F)(F)COCC(F)(F)C(=O)O. The van der Waals surface area contributed by atoms with Gasteiger partial charge in [-0.1, -0.05) is 0 Å². The van der Waals surface area contributed by atoms with Gasteiger partial charge in [0.1, 0.15) is 13.2 Å². The molecular weight excluding hydrogens is 258 g/mol. The molecular formula is C8H10F6O3. The maximum absolute atomic E-state index is 12.7. The summed E-state index contributed by atoms with van der Waals surface area (Å²) in [5, 5.41) is 7.92. The molecule has 0 heterocycles. The Morgan fingerprint density at radius 3 is 1.94 bits per heavy atom. The molecule has 0 aromatic rings. The van der Waals surface area contributed by atoms with E-state index in [1.165, 1.54) is 0 Å². The van der Waals surface area contributed by atoms with Gasteiger partial charge in [-0.3, -0.25) is 0 Å². The largest absolute Gasteiger partial charge is 0.477 e. The third kappa shape index (κ3) is 7.03. The Kier molecular flexibility index (Phi) is 4.81. The summed E-state index contributed by atoms with van der Waals surface area (Å²) in [4.78, 5) is 9.87. The molecule has 17 heavy (non-hydrogen) atoms. The Morgan fingerprint density at radius 1 is 1.12 bits per heavy atom. The van der Waals surface area contributed by atoms with Gasteiger partial charge in [-0.25, -0.2) is 22.4 Å². The molecule has 0 fully saturated rings. The fraction of sp³-hybridized carbons (Fsp3) is 0.875. The van der Waals surface area contributed by atoms with Gasteiger partial charge >= 0.3 is 11.9 Å². The van der Waals surface area contributed by atoms with Gasteiger partial charge in [-0.15, -0.1) is 0 Å². The van der Waals surface area contributed by atoms with Crippen LogP contribution in [0.1, 0.15) is 13.3 Å². The third-order valence-corrected chi connectivity index (χ3v) is 1.48. The van der Waals surface area contributed by atoms with Crippen LogP contribution in [0.3, 0.4) is 0 Å². The van der Waals surface area contributed by atoms with Crippen molar-refractivity contribution in [3.8, 4) is 0 Å². The Bertz CT molecular complexity index is 273. The van der Waals surface area contributed by atoms with Gasteiger partial charge in [0.25, 0.3) is 11.8 Å². The van der Waals surface area contributed by atoms with Crippen molar-refractivity contribution < 1.29 is 41.0 Å². The summed E-state index contributed by atoms with van der Waals surface area (Å²) in [5.41, 5.74) is 0. The van der Waals surface area contributed by atoms with Crippen LogP contribution >= 0.6 is 0 Å². The Morgan fingerprint density at radius 2 is 1.59 bits per heavy atom. The second-order valence-electron chi connectivity index (χ2n) is 3.61. The number of alkyl halides is 6. The van der Waals surface area contributed by atoms with Gasteiger partial charge < -0.3 is 9.84 Å². The van der Waals surface area contributed by atoms with Crippen LogP contribution in [0.15, 0.2) is 0 Å². The lowest BCUT2D eigenvalue weighted by molar-refractivity contribution is -0.184. The number of rotatable bonds is 7. The lowest BCUT2D eigenvalue weighted by Crippen LogP contribution is -2.37. The van der Waals surface area contributed by atoms with Gasteiger partial charge in [0, 0.05) is 0 Å². The molecule has 0 amide bonds. The highest BCUT2D eigenvalue weighted by atomic mass is 19.3. The molecule has 9 heteroatoms. The summed E-state index contributed by atoms with van der Waals surface area (Å²) < 4.78 is 78.3. The molecule has 0 bridgehead atoms. The second kappa shape index (κ2) is 5.11. The van der Waals surface area contributed by atoms with Crippen molar-refractivity contribution >= 4 is 5.97 Å². The molecule has 0 aliphatic heterocycles. The van der Waals surface area contributed by atoms with Crippen molar-refractivity contribution in [1.82, 2.24) is 0 Å². The molecule has 0 aliphatic carbocycles. The van der Waals surface area contributed by atoms with E-state index < -0.39 is 43.4 Å². The molecule has 0 rings (SSSR count). The molecule has 0 unspecified atom stereocenters. The minimum atomic E-state index is -4.33. The van der Waals surface area contributed by atoms with Crippen LogP contribution in [-0.2, 0) is 9.53 Å². The maximum Gasteiger partial charge on any atom is 0.377 e. The van der Waals surface area contributed by atoms with E-state index in [0.29, 0.717) is 0 Å². The van der Waals surface area contributed by atoms with E-state index in [1.54, 1.807) is 0 Å². The molecule has 0 aromatic carbocycles. The van der Waals surface area contributed by atoms with Crippen LogP contribution in [0.25, 0.3) is 0 Å². The normalized spacial score (nSPS) is 13.8. The van der Waals surface area contributed by atoms with Crippen molar-refractivity contribution in [2.75, 3.05) is 13.2 Å². The van der Waals surface area contributed by atoms with E-state index in [0.717, 1.165) is 0 Å². The molecule has 1 N–H and O–H groups in total. The van der Waals surface area contributed by atoms with E-state index in [2.05, 4.69) is 4.74 Å². The molecule has 0 radical (unpaired) electrons. The van der Waals surface area contributed by atoms with E-state index in [4.69, 9.17) is 5.11 Å². The van der Waals surface area contributed by atoms with Crippen molar-refractivity contribution in [1.29, 1.82) is 0 Å². The van der Waals surface area contributed by atoms with Gasteiger partial charge in [0.2, 0.25) is 0 Å². The van der Waals surface area contributed by atoms with Crippen LogP contribution in [-0.4, -0.2) is 42.1 Å². The number of aliphatic carboxylic acids is 1. The van der Waals surface area contributed by atoms with Crippen molar-refractivity contribution in [2.45, 2.75) is 31.1 Å². The van der Waals surface area contributed by atoms with E-state index >= 15 is 0 Å². The summed E-state index contributed by atoms with van der Waals surface area (Å²) in [7, 11) is 0. The summed E-state index contributed by atoms with van der Waals surface area (Å²) in [5.74, 6) is -14.6. The summed E-state index contributed by atoms with van der Waals surface area (Å²) >= 11 is 0. The lowest BCUT2D eigenvalue weighted by Gasteiger charge is -2.21. The average molecular weight is 268 g/mol. The van der Waals surface area contributed by atoms with E-state index in [9.17, 15) is 31.1 Å². The first-order chi connectivity index (χ1) is 7.36. The molecule has 0 spiro atoms. The number of carboxylic acid groups (broad SMARTS) is 1. The Hall–Kier alpha value is -0.990. The van der Waals surface area contributed by atoms with Crippen molar-refractivity contribution in [3.05, 3.63) is 0 Å². The van der Waals surface area contributed by atoms with E-state index in [1.807, 2.05) is 0 Å². The fourth-order valence-electron chi connectivity index (χ4n) is 0.895. The zero-order chi connectivity index (χ0) is 13.9. The molecule has 0 aliphatic rings. The van der Waals surface area contributed by atoms with Crippen molar-refractivity contribution in [3.63, 3.8) is 0 Å². The standard InChI is InChI=1S/C8H10F6O3/c1-6(9,10)2-7(11,12)3-17-4-8(13,14)5(15)16/h2-4H2,1H3,(H,15,16). The number of carbonyl (C=O) groups is 1. The van der Waals surface area contributed by atoms with Crippen LogP contribution < -0.4 is 0 Å². The highest BCUT2D eigenvalue weighted by Crippen LogP contribution is 2.30. The summed E-state index contributed by atoms with van der Waals surface area (Å²) in [6.07, 6.45) is -1.86.